The second-order valence-electron chi connectivity index (χ2n) is 6.63. The van der Waals surface area contributed by atoms with Crippen LogP contribution in [0.15, 0.2) is 91.0 Å². The topological polar surface area (TPSA) is 66.8 Å². The molecular formula is C25H23NO4. The fourth-order valence-corrected chi connectivity index (χ4v) is 2.99. The molecule has 0 bridgehead atoms. The molecule has 3 aromatic carbocycles. The molecule has 0 aliphatic heterocycles. The number of benzene rings is 3. The molecule has 0 saturated heterocycles. The van der Waals surface area contributed by atoms with Crippen LogP contribution in [0.2, 0.25) is 0 Å². The first-order chi connectivity index (χ1) is 14.6. The van der Waals surface area contributed by atoms with Crippen molar-refractivity contribution in [2.45, 2.75) is 12.8 Å². The van der Waals surface area contributed by atoms with Gasteiger partial charge in [0, 0.05) is 0 Å². The molecule has 0 heterocycles. The number of para-hydroxylation sites is 2. The second-order valence-corrected chi connectivity index (χ2v) is 6.63. The van der Waals surface area contributed by atoms with Gasteiger partial charge in [-0.1, -0.05) is 72.8 Å². The van der Waals surface area contributed by atoms with Gasteiger partial charge >= 0.3 is 12.1 Å². The van der Waals surface area contributed by atoms with Crippen LogP contribution in [-0.4, -0.2) is 23.8 Å². The van der Waals surface area contributed by atoms with Crippen molar-refractivity contribution in [2.24, 2.45) is 0 Å². The van der Waals surface area contributed by atoms with Crippen molar-refractivity contribution in [3.63, 3.8) is 0 Å². The van der Waals surface area contributed by atoms with Crippen LogP contribution in [0.1, 0.15) is 17.5 Å². The molecule has 0 radical (unpaired) electrons. The lowest BCUT2D eigenvalue weighted by Gasteiger charge is -2.22. The lowest BCUT2D eigenvalue weighted by Crippen LogP contribution is -2.27. The molecule has 152 valence electrons. The number of rotatable bonds is 8. The molecule has 1 amide bonds. The molecule has 0 aromatic heterocycles. The smallest absolute Gasteiger partial charge is 0.418 e. The molecule has 0 fully saturated rings. The summed E-state index contributed by atoms with van der Waals surface area (Å²) in [6.45, 7) is 0.236. The number of carbonyl (C=O) groups is 2. The zero-order chi connectivity index (χ0) is 21.2. The van der Waals surface area contributed by atoms with Crippen LogP contribution in [0.3, 0.4) is 0 Å². The normalized spacial score (nSPS) is 10.7. The standard InChI is InChI=1S/C25H23NO4/c27-24(28)19-21-12-9-11-20(18-21)10-7-8-17-30-25(29)26(22-13-3-1-4-14-22)23-15-5-2-6-16-23/h1-7,9-16,18H,8,17,19H2,(H,27,28)/b10-7+. The highest BCUT2D eigenvalue weighted by molar-refractivity contribution is 5.95. The van der Waals surface area contributed by atoms with Gasteiger partial charge in [0.25, 0.3) is 0 Å². The Bertz CT molecular complexity index is 960. The monoisotopic (exact) mass is 401 g/mol. The maximum absolute atomic E-state index is 12.7. The van der Waals surface area contributed by atoms with Crippen LogP contribution in [0.25, 0.3) is 6.08 Å². The minimum absolute atomic E-state index is 0.00585. The molecule has 0 aliphatic rings. The summed E-state index contributed by atoms with van der Waals surface area (Å²) in [5.41, 5.74) is 3.13. The SMILES string of the molecule is O=C(O)Cc1cccc(/C=C/CCOC(=O)N(c2ccccc2)c2ccccc2)c1. The number of nitrogens with zero attached hydrogens (tertiary/aromatic N) is 1. The van der Waals surface area contributed by atoms with Gasteiger partial charge < -0.3 is 9.84 Å². The van der Waals surface area contributed by atoms with Gasteiger partial charge in [-0.2, -0.15) is 0 Å². The summed E-state index contributed by atoms with van der Waals surface area (Å²) in [7, 11) is 0. The molecule has 5 heteroatoms. The predicted molar refractivity (Wildman–Crippen MR) is 118 cm³/mol. The Kier molecular flexibility index (Phi) is 7.39. The van der Waals surface area contributed by atoms with E-state index in [1.54, 1.807) is 11.0 Å². The highest BCUT2D eigenvalue weighted by atomic mass is 16.6. The van der Waals surface area contributed by atoms with E-state index in [9.17, 15) is 9.59 Å². The summed E-state index contributed by atoms with van der Waals surface area (Å²) in [5.74, 6) is -0.857. The predicted octanol–water partition coefficient (Wildman–Crippen LogP) is 5.69. The fraction of sp³-hybridized carbons (Fsp3) is 0.120. The molecule has 3 rings (SSSR count). The fourth-order valence-electron chi connectivity index (χ4n) is 2.99. The van der Waals surface area contributed by atoms with Crippen LogP contribution in [0.4, 0.5) is 16.2 Å². The number of carboxylic acid groups (broad SMARTS) is 1. The third-order valence-electron chi connectivity index (χ3n) is 4.34. The molecule has 0 spiro atoms. The van der Waals surface area contributed by atoms with Gasteiger partial charge in [0.05, 0.1) is 24.4 Å². The maximum Gasteiger partial charge on any atom is 0.418 e. The summed E-state index contributed by atoms with van der Waals surface area (Å²) in [5, 5.41) is 8.89. The number of carboxylic acids is 1. The highest BCUT2D eigenvalue weighted by Gasteiger charge is 2.18. The summed E-state index contributed by atoms with van der Waals surface area (Å²) < 4.78 is 5.49. The lowest BCUT2D eigenvalue weighted by molar-refractivity contribution is -0.136. The van der Waals surface area contributed by atoms with E-state index in [-0.39, 0.29) is 13.0 Å². The van der Waals surface area contributed by atoms with E-state index in [0.29, 0.717) is 6.42 Å². The van der Waals surface area contributed by atoms with Gasteiger partial charge in [-0.05, 0) is 41.8 Å². The third kappa shape index (κ3) is 6.07. The minimum atomic E-state index is -0.857. The number of amides is 1. The first-order valence-corrected chi connectivity index (χ1v) is 9.68. The average molecular weight is 401 g/mol. The minimum Gasteiger partial charge on any atom is -0.481 e. The zero-order valence-corrected chi connectivity index (χ0v) is 16.5. The summed E-state index contributed by atoms with van der Waals surface area (Å²) in [4.78, 5) is 25.1. The molecule has 0 atom stereocenters. The van der Waals surface area contributed by atoms with Crippen molar-refractivity contribution in [3.8, 4) is 0 Å². The quantitative estimate of drug-likeness (QED) is 0.492. The molecule has 5 nitrogen and oxygen atoms in total. The van der Waals surface area contributed by atoms with E-state index in [2.05, 4.69) is 0 Å². The van der Waals surface area contributed by atoms with E-state index in [1.165, 1.54) is 0 Å². The lowest BCUT2D eigenvalue weighted by atomic mass is 10.1. The number of hydrogen-bond acceptors (Lipinski definition) is 3. The largest absolute Gasteiger partial charge is 0.481 e. The van der Waals surface area contributed by atoms with Crippen LogP contribution in [-0.2, 0) is 16.0 Å². The van der Waals surface area contributed by atoms with Gasteiger partial charge in [-0.3, -0.25) is 4.79 Å². The van der Waals surface area contributed by atoms with Crippen molar-refractivity contribution in [2.75, 3.05) is 11.5 Å². The molecular weight excluding hydrogens is 378 g/mol. The van der Waals surface area contributed by atoms with Crippen molar-refractivity contribution in [1.82, 2.24) is 0 Å². The highest BCUT2D eigenvalue weighted by Crippen LogP contribution is 2.25. The Labute approximate surface area is 175 Å². The maximum atomic E-state index is 12.7. The number of anilines is 2. The number of aliphatic carboxylic acids is 1. The molecule has 3 aromatic rings. The Morgan fingerprint density at radius 3 is 2.10 bits per heavy atom. The Balaban J connectivity index is 1.58. The number of ether oxygens (including phenoxy) is 1. The van der Waals surface area contributed by atoms with E-state index in [4.69, 9.17) is 9.84 Å². The van der Waals surface area contributed by atoms with Crippen molar-refractivity contribution >= 4 is 29.5 Å². The second kappa shape index (κ2) is 10.6. The summed E-state index contributed by atoms with van der Waals surface area (Å²) >= 11 is 0. The number of hydrogen-bond donors (Lipinski definition) is 1. The van der Waals surface area contributed by atoms with E-state index < -0.39 is 12.1 Å². The van der Waals surface area contributed by atoms with Gasteiger partial charge in [-0.25, -0.2) is 9.69 Å². The van der Waals surface area contributed by atoms with E-state index >= 15 is 0 Å². The average Bonchev–Trinajstić information content (AvgIpc) is 2.75. The van der Waals surface area contributed by atoms with E-state index in [0.717, 1.165) is 22.5 Å². The summed E-state index contributed by atoms with van der Waals surface area (Å²) in [6.07, 6.45) is 3.90. The van der Waals surface area contributed by atoms with Crippen LogP contribution < -0.4 is 4.90 Å². The van der Waals surface area contributed by atoms with Crippen molar-refractivity contribution < 1.29 is 19.4 Å². The van der Waals surface area contributed by atoms with Gasteiger partial charge in [-0.15, -0.1) is 0 Å². The molecule has 0 unspecified atom stereocenters. The van der Waals surface area contributed by atoms with Crippen molar-refractivity contribution in [1.29, 1.82) is 0 Å². The first-order valence-electron chi connectivity index (χ1n) is 9.68. The molecule has 0 saturated carbocycles. The zero-order valence-electron chi connectivity index (χ0n) is 16.5. The third-order valence-corrected chi connectivity index (χ3v) is 4.34. The number of carbonyl (C=O) groups excluding carboxylic acids is 1. The van der Waals surface area contributed by atoms with Gasteiger partial charge in [0.1, 0.15) is 0 Å². The van der Waals surface area contributed by atoms with Crippen LogP contribution >= 0.6 is 0 Å². The van der Waals surface area contributed by atoms with Gasteiger partial charge in [0.2, 0.25) is 0 Å². The van der Waals surface area contributed by atoms with Crippen LogP contribution in [0, 0.1) is 0 Å². The van der Waals surface area contributed by atoms with E-state index in [1.807, 2.05) is 91.0 Å². The first kappa shape index (κ1) is 20.9. The molecule has 30 heavy (non-hydrogen) atoms. The van der Waals surface area contributed by atoms with Gasteiger partial charge in [0.15, 0.2) is 0 Å². The Morgan fingerprint density at radius 1 is 0.867 bits per heavy atom. The Hall–Kier alpha value is -3.86. The van der Waals surface area contributed by atoms with Crippen LogP contribution in [0.5, 0.6) is 0 Å². The molecule has 1 N–H and O–H groups in total. The summed E-state index contributed by atoms with van der Waals surface area (Å²) in [6, 6.07) is 26.1. The van der Waals surface area contributed by atoms with Crippen molar-refractivity contribution in [3.05, 3.63) is 102 Å². The molecule has 0 aliphatic carbocycles. The Morgan fingerprint density at radius 2 is 1.50 bits per heavy atom.